The molecule has 3 heteroatoms. The Bertz CT molecular complexity index is 123. The third-order valence-corrected chi connectivity index (χ3v) is 1.56. The highest BCUT2D eigenvalue weighted by atomic mass is 79.9. The normalized spacial score (nSPS) is 16.4. The Kier molecular flexibility index (Phi) is 3.79. The number of halogens is 1. The predicted molar refractivity (Wildman–Crippen MR) is 49.1 cm³/mol. The molecule has 0 spiro atoms. The molecule has 0 aromatic heterocycles. The van der Waals surface area contributed by atoms with Crippen LogP contribution in [0.3, 0.4) is 0 Å². The van der Waals surface area contributed by atoms with Crippen molar-refractivity contribution in [1.82, 2.24) is 9.80 Å². The van der Waals surface area contributed by atoms with E-state index >= 15 is 0 Å². The fourth-order valence-electron chi connectivity index (χ4n) is 0.887. The molecule has 0 aliphatic carbocycles. The monoisotopic (exact) mass is 206 g/mol. The summed E-state index contributed by atoms with van der Waals surface area (Å²) in [5.41, 5.74) is 0. The van der Waals surface area contributed by atoms with E-state index in [-0.39, 0.29) is 17.0 Å². The van der Waals surface area contributed by atoms with Gasteiger partial charge in [0.1, 0.15) is 0 Å². The van der Waals surface area contributed by atoms with Crippen molar-refractivity contribution in [3.05, 3.63) is 12.4 Å². The van der Waals surface area contributed by atoms with E-state index in [1.807, 2.05) is 0 Å². The van der Waals surface area contributed by atoms with Gasteiger partial charge in [-0.05, 0) is 13.8 Å². The molecule has 10 heavy (non-hydrogen) atoms. The van der Waals surface area contributed by atoms with Crippen molar-refractivity contribution in [2.45, 2.75) is 19.9 Å². The van der Waals surface area contributed by atoms with E-state index in [1.54, 1.807) is 0 Å². The standard InChI is InChI=1S/C7H14N2.BrH/c1-7(2)9-5-4-8(3)6-9;/h4-5,7H,6H2,1-3H3;1H. The van der Waals surface area contributed by atoms with E-state index in [2.05, 4.69) is 43.1 Å². The minimum atomic E-state index is 0. The Morgan fingerprint density at radius 2 is 1.90 bits per heavy atom. The average molecular weight is 207 g/mol. The minimum Gasteiger partial charge on any atom is -0.362 e. The summed E-state index contributed by atoms with van der Waals surface area (Å²) in [6.07, 6.45) is 4.23. The van der Waals surface area contributed by atoms with Gasteiger partial charge in [0, 0.05) is 25.5 Å². The fraction of sp³-hybridized carbons (Fsp3) is 0.714. The van der Waals surface area contributed by atoms with Gasteiger partial charge in [-0.2, -0.15) is 0 Å². The van der Waals surface area contributed by atoms with Crippen LogP contribution in [0.5, 0.6) is 0 Å². The lowest BCUT2D eigenvalue weighted by Gasteiger charge is -2.21. The molecule has 0 saturated carbocycles. The van der Waals surface area contributed by atoms with E-state index in [4.69, 9.17) is 0 Å². The zero-order chi connectivity index (χ0) is 6.85. The van der Waals surface area contributed by atoms with Gasteiger partial charge in [-0.3, -0.25) is 0 Å². The first kappa shape index (κ1) is 9.82. The first-order valence-electron chi connectivity index (χ1n) is 3.34. The van der Waals surface area contributed by atoms with Gasteiger partial charge in [0.2, 0.25) is 0 Å². The Morgan fingerprint density at radius 3 is 2.10 bits per heavy atom. The van der Waals surface area contributed by atoms with E-state index in [1.165, 1.54) is 0 Å². The molecule has 1 heterocycles. The topological polar surface area (TPSA) is 6.48 Å². The van der Waals surface area contributed by atoms with Gasteiger partial charge < -0.3 is 9.80 Å². The molecule has 1 aliphatic heterocycles. The second kappa shape index (κ2) is 3.86. The molecular weight excluding hydrogens is 192 g/mol. The van der Waals surface area contributed by atoms with Crippen molar-refractivity contribution in [1.29, 1.82) is 0 Å². The molecule has 0 aromatic rings. The van der Waals surface area contributed by atoms with E-state index in [0.29, 0.717) is 6.04 Å². The number of rotatable bonds is 1. The molecule has 1 rings (SSSR count). The van der Waals surface area contributed by atoms with Crippen LogP contribution in [0.4, 0.5) is 0 Å². The molecule has 0 amide bonds. The Labute approximate surface area is 73.3 Å². The summed E-state index contributed by atoms with van der Waals surface area (Å²) in [6.45, 7) is 5.44. The summed E-state index contributed by atoms with van der Waals surface area (Å²) in [5, 5.41) is 0. The van der Waals surface area contributed by atoms with Crippen molar-refractivity contribution in [3.8, 4) is 0 Å². The summed E-state index contributed by atoms with van der Waals surface area (Å²) in [6, 6.07) is 0.631. The van der Waals surface area contributed by atoms with Gasteiger partial charge in [0.15, 0.2) is 0 Å². The van der Waals surface area contributed by atoms with Crippen LogP contribution in [-0.2, 0) is 0 Å². The van der Waals surface area contributed by atoms with Crippen LogP contribution in [0.1, 0.15) is 13.8 Å². The zero-order valence-corrected chi connectivity index (χ0v) is 8.45. The first-order chi connectivity index (χ1) is 4.20. The summed E-state index contributed by atoms with van der Waals surface area (Å²) in [7, 11) is 2.08. The van der Waals surface area contributed by atoms with Gasteiger partial charge >= 0.3 is 0 Å². The van der Waals surface area contributed by atoms with Crippen LogP contribution in [0.2, 0.25) is 0 Å². The number of nitrogens with zero attached hydrogens (tertiary/aromatic N) is 2. The second-order valence-electron chi connectivity index (χ2n) is 2.80. The first-order valence-corrected chi connectivity index (χ1v) is 3.34. The quantitative estimate of drug-likeness (QED) is 0.645. The van der Waals surface area contributed by atoms with Crippen molar-refractivity contribution in [2.24, 2.45) is 0 Å². The van der Waals surface area contributed by atoms with Crippen LogP contribution in [-0.4, -0.2) is 29.6 Å². The van der Waals surface area contributed by atoms with Crippen molar-refractivity contribution in [3.63, 3.8) is 0 Å². The highest BCUT2D eigenvalue weighted by Crippen LogP contribution is 2.06. The molecule has 1 aliphatic rings. The highest BCUT2D eigenvalue weighted by Gasteiger charge is 2.09. The van der Waals surface area contributed by atoms with Crippen LogP contribution >= 0.6 is 17.0 Å². The number of hydrogen-bond donors (Lipinski definition) is 0. The van der Waals surface area contributed by atoms with Crippen molar-refractivity contribution in [2.75, 3.05) is 13.7 Å². The van der Waals surface area contributed by atoms with Gasteiger partial charge in [0.25, 0.3) is 0 Å². The second-order valence-corrected chi connectivity index (χ2v) is 2.80. The Balaban J connectivity index is 0.000000810. The molecular formula is C7H15BrN2. The van der Waals surface area contributed by atoms with Crippen LogP contribution in [0, 0.1) is 0 Å². The summed E-state index contributed by atoms with van der Waals surface area (Å²) >= 11 is 0. The summed E-state index contributed by atoms with van der Waals surface area (Å²) in [4.78, 5) is 4.46. The smallest absolute Gasteiger partial charge is 0.0893 e. The molecule has 0 atom stereocenters. The zero-order valence-electron chi connectivity index (χ0n) is 6.74. The molecule has 0 unspecified atom stereocenters. The lowest BCUT2D eigenvalue weighted by molar-refractivity contribution is 0.254. The molecule has 0 N–H and O–H groups in total. The largest absolute Gasteiger partial charge is 0.362 e. The lowest BCUT2D eigenvalue weighted by Crippen LogP contribution is -2.28. The number of hydrogen-bond acceptors (Lipinski definition) is 2. The Hall–Kier alpha value is -0.180. The Morgan fingerprint density at radius 1 is 1.30 bits per heavy atom. The third kappa shape index (κ3) is 2.21. The maximum Gasteiger partial charge on any atom is 0.0893 e. The molecule has 0 saturated heterocycles. The van der Waals surface area contributed by atoms with E-state index in [9.17, 15) is 0 Å². The molecule has 0 aromatic carbocycles. The van der Waals surface area contributed by atoms with Crippen LogP contribution in [0.25, 0.3) is 0 Å². The van der Waals surface area contributed by atoms with Crippen molar-refractivity contribution >= 4 is 17.0 Å². The van der Waals surface area contributed by atoms with E-state index < -0.39 is 0 Å². The van der Waals surface area contributed by atoms with Gasteiger partial charge in [-0.15, -0.1) is 17.0 Å². The fourth-order valence-corrected chi connectivity index (χ4v) is 0.887. The maximum atomic E-state index is 2.29. The lowest BCUT2D eigenvalue weighted by atomic mass is 10.4. The van der Waals surface area contributed by atoms with E-state index in [0.717, 1.165) is 6.67 Å². The maximum absolute atomic E-state index is 2.29. The average Bonchev–Trinajstić information content (AvgIpc) is 2.14. The van der Waals surface area contributed by atoms with Crippen LogP contribution in [0.15, 0.2) is 12.4 Å². The van der Waals surface area contributed by atoms with Gasteiger partial charge in [-0.1, -0.05) is 0 Å². The summed E-state index contributed by atoms with van der Waals surface area (Å²) < 4.78 is 0. The predicted octanol–water partition coefficient (Wildman–Crippen LogP) is 1.65. The molecule has 0 fully saturated rings. The minimum absolute atomic E-state index is 0. The van der Waals surface area contributed by atoms with Gasteiger partial charge in [0.05, 0.1) is 6.67 Å². The van der Waals surface area contributed by atoms with Crippen molar-refractivity contribution < 1.29 is 0 Å². The van der Waals surface area contributed by atoms with Crippen LogP contribution < -0.4 is 0 Å². The highest BCUT2D eigenvalue weighted by molar-refractivity contribution is 8.93. The third-order valence-electron chi connectivity index (χ3n) is 1.56. The molecule has 2 nitrogen and oxygen atoms in total. The van der Waals surface area contributed by atoms with Gasteiger partial charge in [-0.25, -0.2) is 0 Å². The molecule has 0 radical (unpaired) electrons. The summed E-state index contributed by atoms with van der Waals surface area (Å²) in [5.74, 6) is 0. The molecule has 60 valence electrons. The molecule has 0 bridgehead atoms. The SMILES string of the molecule is Br.CC(C)N1C=CN(C)C1.